The van der Waals surface area contributed by atoms with Gasteiger partial charge in [0.05, 0.1) is 5.66 Å². The number of rotatable bonds is 6. The van der Waals surface area contributed by atoms with E-state index in [4.69, 9.17) is 9.05 Å². The maximum absolute atomic E-state index is 6.75. The van der Waals surface area contributed by atoms with E-state index in [9.17, 15) is 0 Å². The van der Waals surface area contributed by atoms with Gasteiger partial charge in [-0.3, -0.25) is 0 Å². The van der Waals surface area contributed by atoms with Gasteiger partial charge in [-0.1, -0.05) is 87.9 Å². The van der Waals surface area contributed by atoms with Crippen LogP contribution in [0.15, 0.2) is 84.9 Å². The molecule has 1 aliphatic carbocycles. The molecular formula is C30H33O2P. The van der Waals surface area contributed by atoms with Crippen LogP contribution in [0.3, 0.4) is 0 Å². The zero-order valence-electron chi connectivity index (χ0n) is 19.8. The van der Waals surface area contributed by atoms with Crippen LogP contribution in [-0.2, 0) is 0 Å². The van der Waals surface area contributed by atoms with Crippen molar-refractivity contribution in [1.82, 2.24) is 0 Å². The predicted molar refractivity (Wildman–Crippen MR) is 141 cm³/mol. The molecule has 2 nitrogen and oxygen atoms in total. The second-order valence-corrected chi connectivity index (χ2v) is 11.5. The van der Waals surface area contributed by atoms with Crippen molar-refractivity contribution in [2.24, 2.45) is 17.8 Å². The second kappa shape index (κ2) is 9.74. The van der Waals surface area contributed by atoms with Gasteiger partial charge < -0.3 is 9.05 Å². The van der Waals surface area contributed by atoms with Crippen molar-refractivity contribution in [3.05, 3.63) is 84.9 Å². The van der Waals surface area contributed by atoms with Crippen LogP contribution in [0.2, 0.25) is 0 Å². The molecule has 0 spiro atoms. The molecule has 33 heavy (non-hydrogen) atoms. The standard InChI is InChI=1S/C30H33O2P/c1-21(2)29-17-12-22(3)18-30(29)33(31-27-15-13-23-8-4-6-10-25(23)19-27)32-28-16-14-24-9-5-7-11-26(24)20-28/h4-11,13-16,19-22,29-30H,12,17-18H2,1-3H3. The van der Waals surface area contributed by atoms with E-state index in [1.165, 1.54) is 34.4 Å². The minimum absolute atomic E-state index is 0.418. The lowest BCUT2D eigenvalue weighted by molar-refractivity contribution is 0.228. The maximum atomic E-state index is 6.75. The summed E-state index contributed by atoms with van der Waals surface area (Å²) in [6.45, 7) is 7.09. The Morgan fingerprint density at radius 1 is 0.697 bits per heavy atom. The van der Waals surface area contributed by atoms with Crippen LogP contribution < -0.4 is 9.05 Å². The molecule has 1 saturated carbocycles. The summed E-state index contributed by atoms with van der Waals surface area (Å²) in [5.74, 6) is 3.75. The first-order valence-electron chi connectivity index (χ1n) is 12.2. The molecule has 0 bridgehead atoms. The molecular weight excluding hydrogens is 423 g/mol. The third-order valence-electron chi connectivity index (χ3n) is 7.09. The van der Waals surface area contributed by atoms with Crippen LogP contribution in [0.5, 0.6) is 11.5 Å². The van der Waals surface area contributed by atoms with Crippen LogP contribution in [0, 0.1) is 17.8 Å². The van der Waals surface area contributed by atoms with E-state index in [-0.39, 0.29) is 0 Å². The maximum Gasteiger partial charge on any atom is 0.294 e. The van der Waals surface area contributed by atoms with E-state index in [1.807, 2.05) is 0 Å². The number of fused-ring (bicyclic) bond motifs is 2. The van der Waals surface area contributed by atoms with E-state index in [1.54, 1.807) is 0 Å². The Hall–Kier alpha value is -2.57. The molecule has 3 unspecified atom stereocenters. The molecule has 3 heteroatoms. The fourth-order valence-corrected chi connectivity index (χ4v) is 7.49. The van der Waals surface area contributed by atoms with Gasteiger partial charge >= 0.3 is 0 Å². The first-order valence-corrected chi connectivity index (χ1v) is 13.4. The van der Waals surface area contributed by atoms with Crippen molar-refractivity contribution in [1.29, 1.82) is 0 Å². The van der Waals surface area contributed by atoms with Gasteiger partial charge in [0.25, 0.3) is 8.38 Å². The summed E-state index contributed by atoms with van der Waals surface area (Å²) in [6, 6.07) is 29.7. The Balaban J connectivity index is 1.49. The SMILES string of the molecule is CC1CCC(C(C)C)C(P(Oc2ccc3ccccc3c2)Oc2ccc3ccccc3c2)C1. The van der Waals surface area contributed by atoms with Crippen LogP contribution in [0.1, 0.15) is 40.0 Å². The Labute approximate surface area is 198 Å². The monoisotopic (exact) mass is 456 g/mol. The molecule has 0 heterocycles. The van der Waals surface area contributed by atoms with Gasteiger partial charge in [0.1, 0.15) is 11.5 Å². The lowest BCUT2D eigenvalue weighted by atomic mass is 9.77. The zero-order chi connectivity index (χ0) is 22.8. The normalized spacial score (nSPS) is 21.1. The van der Waals surface area contributed by atoms with Crippen LogP contribution in [0.25, 0.3) is 21.5 Å². The minimum atomic E-state index is -1.14. The topological polar surface area (TPSA) is 18.5 Å². The van der Waals surface area contributed by atoms with Crippen molar-refractivity contribution in [2.45, 2.75) is 45.7 Å². The molecule has 0 radical (unpaired) electrons. The third-order valence-corrected chi connectivity index (χ3v) is 9.01. The Kier molecular flexibility index (Phi) is 6.56. The largest absolute Gasteiger partial charge is 0.438 e. The highest BCUT2D eigenvalue weighted by Gasteiger charge is 2.40. The lowest BCUT2D eigenvalue weighted by Crippen LogP contribution is -2.33. The quantitative estimate of drug-likeness (QED) is 0.269. The highest BCUT2D eigenvalue weighted by atomic mass is 31.2. The summed E-state index contributed by atoms with van der Waals surface area (Å²) in [5.41, 5.74) is 0.418. The Bertz CT molecular complexity index is 1150. The van der Waals surface area contributed by atoms with Crippen LogP contribution >= 0.6 is 8.38 Å². The molecule has 0 saturated heterocycles. The Morgan fingerprint density at radius 3 is 1.73 bits per heavy atom. The van der Waals surface area contributed by atoms with Crippen molar-refractivity contribution in [3.63, 3.8) is 0 Å². The first-order chi connectivity index (χ1) is 16.1. The lowest BCUT2D eigenvalue weighted by Gasteiger charge is -2.40. The number of benzene rings is 4. The predicted octanol–water partition coefficient (Wildman–Crippen LogP) is 9.22. The molecule has 0 amide bonds. The summed E-state index contributed by atoms with van der Waals surface area (Å²) >= 11 is 0. The van der Waals surface area contributed by atoms with Gasteiger partial charge in [0.2, 0.25) is 0 Å². The van der Waals surface area contributed by atoms with Crippen molar-refractivity contribution in [2.75, 3.05) is 0 Å². The van der Waals surface area contributed by atoms with E-state index in [0.717, 1.165) is 17.9 Å². The molecule has 0 aromatic heterocycles. The summed E-state index contributed by atoms with van der Waals surface area (Å²) in [5, 5.41) is 4.87. The van der Waals surface area contributed by atoms with Crippen LogP contribution in [-0.4, -0.2) is 5.66 Å². The molecule has 0 aliphatic heterocycles. The van der Waals surface area contributed by atoms with Gasteiger partial charge in [-0.15, -0.1) is 0 Å². The van der Waals surface area contributed by atoms with Gasteiger partial charge in [0.15, 0.2) is 0 Å². The van der Waals surface area contributed by atoms with Crippen molar-refractivity contribution < 1.29 is 9.05 Å². The molecule has 1 fully saturated rings. The first kappa shape index (κ1) is 22.2. The number of hydrogen-bond donors (Lipinski definition) is 0. The molecule has 170 valence electrons. The minimum Gasteiger partial charge on any atom is -0.438 e. The van der Waals surface area contributed by atoms with Crippen molar-refractivity contribution >= 4 is 29.9 Å². The third kappa shape index (κ3) is 5.02. The number of hydrogen-bond acceptors (Lipinski definition) is 2. The summed E-state index contributed by atoms with van der Waals surface area (Å²) in [6.07, 6.45) is 3.72. The van der Waals surface area contributed by atoms with Gasteiger partial charge in [0, 0.05) is 0 Å². The average molecular weight is 457 g/mol. The van der Waals surface area contributed by atoms with Crippen molar-refractivity contribution in [3.8, 4) is 11.5 Å². The van der Waals surface area contributed by atoms with Crippen LogP contribution in [0.4, 0.5) is 0 Å². The molecule has 4 aromatic rings. The van der Waals surface area contributed by atoms with E-state index in [2.05, 4.69) is 106 Å². The zero-order valence-corrected chi connectivity index (χ0v) is 20.7. The fourth-order valence-electron chi connectivity index (χ4n) is 5.20. The summed E-state index contributed by atoms with van der Waals surface area (Å²) in [4.78, 5) is 0. The molecule has 4 aromatic carbocycles. The molecule has 5 rings (SSSR count). The summed E-state index contributed by atoms with van der Waals surface area (Å²) in [7, 11) is -1.14. The van der Waals surface area contributed by atoms with Gasteiger partial charge in [-0.25, -0.2) is 0 Å². The fraction of sp³-hybridized carbons (Fsp3) is 0.333. The van der Waals surface area contributed by atoms with E-state index < -0.39 is 8.38 Å². The van der Waals surface area contributed by atoms with Gasteiger partial charge in [-0.05, 0) is 76.4 Å². The van der Waals surface area contributed by atoms with E-state index in [0.29, 0.717) is 23.4 Å². The highest BCUT2D eigenvalue weighted by Crippen LogP contribution is 2.54. The van der Waals surface area contributed by atoms with Gasteiger partial charge in [-0.2, -0.15) is 0 Å². The molecule has 0 N–H and O–H groups in total. The molecule has 1 aliphatic rings. The molecule has 3 atom stereocenters. The average Bonchev–Trinajstić information content (AvgIpc) is 2.83. The second-order valence-electron chi connectivity index (χ2n) is 9.88. The summed E-state index contributed by atoms with van der Waals surface area (Å²) < 4.78 is 13.5. The highest BCUT2D eigenvalue weighted by molar-refractivity contribution is 7.49. The van der Waals surface area contributed by atoms with E-state index >= 15 is 0 Å². The smallest absolute Gasteiger partial charge is 0.294 e. The Morgan fingerprint density at radius 2 is 1.21 bits per heavy atom.